The quantitative estimate of drug-likeness (QED) is 0.387. The Morgan fingerprint density at radius 2 is 1.80 bits per heavy atom. The highest BCUT2D eigenvalue weighted by Gasteiger charge is 2.20. The van der Waals surface area contributed by atoms with Crippen LogP contribution >= 0.6 is 23.1 Å². The van der Waals surface area contributed by atoms with Gasteiger partial charge in [0.05, 0.1) is 22.3 Å². The molecule has 0 bridgehead atoms. The molecular weight excluding hydrogens is 416 g/mol. The van der Waals surface area contributed by atoms with Gasteiger partial charge in [-0.25, -0.2) is 9.78 Å². The summed E-state index contributed by atoms with van der Waals surface area (Å²) in [4.78, 5) is 30.3. The van der Waals surface area contributed by atoms with Crippen molar-refractivity contribution in [1.29, 1.82) is 0 Å². The first kappa shape index (κ1) is 22.1. The number of thiazole rings is 1. The number of carbonyl (C=O) groups excluding carboxylic acids is 2. The van der Waals surface area contributed by atoms with E-state index in [2.05, 4.69) is 15.7 Å². The Labute approximate surface area is 184 Å². The molecule has 0 spiro atoms. The molecule has 2 aromatic carbocycles. The average Bonchev–Trinajstić information content (AvgIpc) is 3.18. The Kier molecular flexibility index (Phi) is 7.65. The molecule has 0 radical (unpaired) electrons. The lowest BCUT2D eigenvalue weighted by Gasteiger charge is -2.18. The number of hydrogen-bond donors (Lipinski definition) is 1. The largest absolute Gasteiger partial charge is 0.449 e. The van der Waals surface area contributed by atoms with Crippen molar-refractivity contribution >= 4 is 35.0 Å². The smallest absolute Gasteiger partial charge is 0.338 e. The van der Waals surface area contributed by atoms with Gasteiger partial charge in [0.15, 0.2) is 6.10 Å². The molecule has 0 aliphatic heterocycles. The summed E-state index contributed by atoms with van der Waals surface area (Å²) in [6, 6.07) is 16.7. The first-order valence-corrected chi connectivity index (χ1v) is 11.5. The highest BCUT2D eigenvalue weighted by molar-refractivity contribution is 7.98. The summed E-state index contributed by atoms with van der Waals surface area (Å²) < 4.78 is 5.34. The van der Waals surface area contributed by atoms with Crippen LogP contribution in [-0.2, 0) is 15.3 Å². The van der Waals surface area contributed by atoms with E-state index in [1.165, 1.54) is 0 Å². The number of esters is 1. The first-order valence-electron chi connectivity index (χ1n) is 9.62. The van der Waals surface area contributed by atoms with Crippen molar-refractivity contribution in [2.45, 2.75) is 43.6 Å². The molecule has 3 aromatic rings. The fourth-order valence-electron chi connectivity index (χ4n) is 2.76. The van der Waals surface area contributed by atoms with Crippen molar-refractivity contribution in [2.24, 2.45) is 0 Å². The Morgan fingerprint density at radius 1 is 1.10 bits per heavy atom. The SMILES string of the molecule is Cc1nc(CSc2ccc(C(=O)O[C@@H](C)C(=O)N[C@H](C)c3ccccc3)cc2)cs1. The minimum Gasteiger partial charge on any atom is -0.449 e. The van der Waals surface area contributed by atoms with Crippen LogP contribution in [0.15, 0.2) is 64.9 Å². The summed E-state index contributed by atoms with van der Waals surface area (Å²) in [7, 11) is 0. The second kappa shape index (κ2) is 10.4. The van der Waals surface area contributed by atoms with Crippen LogP contribution in [-0.4, -0.2) is 23.0 Å². The summed E-state index contributed by atoms with van der Waals surface area (Å²) in [5.41, 5.74) is 2.46. The topological polar surface area (TPSA) is 68.3 Å². The standard InChI is InChI=1S/C23H24N2O3S2/c1-15(18-7-5-4-6-8-18)24-22(26)16(2)28-23(27)19-9-11-21(12-10-19)30-14-20-13-29-17(3)25-20/h4-13,15-16H,14H2,1-3H3,(H,24,26)/t15-,16+/m1/s1. The number of aryl methyl sites for hydroxylation is 1. The molecular formula is C23H24N2O3S2. The Hall–Kier alpha value is -2.64. The van der Waals surface area contributed by atoms with Gasteiger partial charge in [-0.2, -0.15) is 0 Å². The molecule has 0 unspecified atom stereocenters. The van der Waals surface area contributed by atoms with E-state index in [9.17, 15) is 9.59 Å². The second-order valence-corrected chi connectivity index (χ2v) is 8.97. The third kappa shape index (κ3) is 6.18. The third-order valence-electron chi connectivity index (χ3n) is 4.45. The molecule has 0 fully saturated rings. The number of carbonyl (C=O) groups is 2. The number of nitrogens with one attached hydrogen (secondary N) is 1. The number of amides is 1. The van der Waals surface area contributed by atoms with Crippen LogP contribution in [0.3, 0.4) is 0 Å². The van der Waals surface area contributed by atoms with Gasteiger partial charge in [-0.15, -0.1) is 23.1 Å². The molecule has 1 aromatic heterocycles. The van der Waals surface area contributed by atoms with Crippen molar-refractivity contribution in [1.82, 2.24) is 10.3 Å². The van der Waals surface area contributed by atoms with E-state index in [0.29, 0.717) is 5.56 Å². The maximum Gasteiger partial charge on any atom is 0.338 e. The lowest BCUT2D eigenvalue weighted by atomic mass is 10.1. The molecule has 0 saturated carbocycles. The zero-order valence-electron chi connectivity index (χ0n) is 17.1. The third-order valence-corrected chi connectivity index (χ3v) is 6.32. The van der Waals surface area contributed by atoms with Crippen molar-refractivity contribution in [3.05, 3.63) is 81.8 Å². The second-order valence-electron chi connectivity index (χ2n) is 6.86. The zero-order valence-corrected chi connectivity index (χ0v) is 18.8. The molecule has 0 aliphatic carbocycles. The molecule has 0 saturated heterocycles. The molecule has 0 aliphatic rings. The van der Waals surface area contributed by atoms with E-state index in [-0.39, 0.29) is 11.9 Å². The molecule has 1 heterocycles. The normalized spacial score (nSPS) is 12.8. The van der Waals surface area contributed by atoms with E-state index in [4.69, 9.17) is 4.74 Å². The number of rotatable bonds is 8. The summed E-state index contributed by atoms with van der Waals surface area (Å²) in [5.74, 6) is -0.0626. The van der Waals surface area contributed by atoms with E-state index in [0.717, 1.165) is 26.9 Å². The summed E-state index contributed by atoms with van der Waals surface area (Å²) in [5, 5.41) is 5.98. The van der Waals surface area contributed by atoms with Crippen molar-refractivity contribution < 1.29 is 14.3 Å². The van der Waals surface area contributed by atoms with Gasteiger partial charge < -0.3 is 10.1 Å². The number of ether oxygens (including phenoxy) is 1. The Bertz CT molecular complexity index is 987. The van der Waals surface area contributed by atoms with Crippen LogP contribution in [0.5, 0.6) is 0 Å². The van der Waals surface area contributed by atoms with Crippen LogP contribution < -0.4 is 5.32 Å². The van der Waals surface area contributed by atoms with Gasteiger partial charge in [-0.1, -0.05) is 30.3 Å². The number of aromatic nitrogens is 1. The maximum absolute atomic E-state index is 12.4. The molecule has 2 atom stereocenters. The highest BCUT2D eigenvalue weighted by Crippen LogP contribution is 2.24. The van der Waals surface area contributed by atoms with E-state index >= 15 is 0 Å². The lowest BCUT2D eigenvalue weighted by Crippen LogP contribution is -2.37. The van der Waals surface area contributed by atoms with Crippen molar-refractivity contribution in [2.75, 3.05) is 0 Å². The Morgan fingerprint density at radius 3 is 2.43 bits per heavy atom. The predicted octanol–water partition coefficient (Wildman–Crippen LogP) is 5.17. The van der Waals surface area contributed by atoms with Crippen LogP contribution in [0.2, 0.25) is 0 Å². The minimum atomic E-state index is -0.884. The van der Waals surface area contributed by atoms with Crippen LogP contribution in [0.25, 0.3) is 0 Å². The van der Waals surface area contributed by atoms with Crippen LogP contribution in [0.1, 0.15) is 46.5 Å². The van der Waals surface area contributed by atoms with Gasteiger partial charge in [0, 0.05) is 16.0 Å². The van der Waals surface area contributed by atoms with Gasteiger partial charge in [0.25, 0.3) is 5.91 Å². The van der Waals surface area contributed by atoms with E-state index in [1.807, 2.05) is 56.3 Å². The number of nitrogens with zero attached hydrogens (tertiary/aromatic N) is 1. The molecule has 7 heteroatoms. The molecule has 1 N–H and O–H groups in total. The summed E-state index contributed by atoms with van der Waals surface area (Å²) in [6.45, 7) is 5.46. The minimum absolute atomic E-state index is 0.169. The fraction of sp³-hybridized carbons (Fsp3) is 0.261. The zero-order chi connectivity index (χ0) is 21.5. The number of benzene rings is 2. The van der Waals surface area contributed by atoms with Crippen LogP contribution in [0.4, 0.5) is 0 Å². The van der Waals surface area contributed by atoms with Crippen molar-refractivity contribution in [3.63, 3.8) is 0 Å². The monoisotopic (exact) mass is 440 g/mol. The first-order chi connectivity index (χ1) is 14.4. The summed E-state index contributed by atoms with van der Waals surface area (Å²) >= 11 is 3.30. The maximum atomic E-state index is 12.4. The van der Waals surface area contributed by atoms with Gasteiger partial charge in [-0.3, -0.25) is 4.79 Å². The lowest BCUT2D eigenvalue weighted by molar-refractivity contribution is -0.129. The van der Waals surface area contributed by atoms with Crippen LogP contribution in [0, 0.1) is 6.92 Å². The molecule has 5 nitrogen and oxygen atoms in total. The van der Waals surface area contributed by atoms with E-state index < -0.39 is 12.1 Å². The fourth-order valence-corrected chi connectivity index (χ4v) is 4.27. The Balaban J connectivity index is 1.50. The molecule has 30 heavy (non-hydrogen) atoms. The van der Waals surface area contributed by atoms with Crippen molar-refractivity contribution in [3.8, 4) is 0 Å². The average molecular weight is 441 g/mol. The predicted molar refractivity (Wildman–Crippen MR) is 121 cm³/mol. The molecule has 3 rings (SSSR count). The van der Waals surface area contributed by atoms with Gasteiger partial charge >= 0.3 is 5.97 Å². The summed E-state index contributed by atoms with van der Waals surface area (Å²) in [6.07, 6.45) is -0.884. The van der Waals surface area contributed by atoms with Gasteiger partial charge in [0.1, 0.15) is 0 Å². The van der Waals surface area contributed by atoms with E-state index in [1.54, 1.807) is 42.2 Å². The number of hydrogen-bond acceptors (Lipinski definition) is 6. The molecule has 156 valence electrons. The van der Waals surface area contributed by atoms with Gasteiger partial charge in [0.2, 0.25) is 0 Å². The highest BCUT2D eigenvalue weighted by atomic mass is 32.2. The van der Waals surface area contributed by atoms with Gasteiger partial charge in [-0.05, 0) is 50.6 Å². The number of thioether (sulfide) groups is 1. The molecule has 1 amide bonds.